The van der Waals surface area contributed by atoms with E-state index < -0.39 is 0 Å². The molecule has 0 aliphatic carbocycles. The topological polar surface area (TPSA) is 70.2 Å². The van der Waals surface area contributed by atoms with Crippen LogP contribution in [-0.4, -0.2) is 69.4 Å². The van der Waals surface area contributed by atoms with Crippen molar-refractivity contribution in [2.24, 2.45) is 0 Å². The number of halogens is 1. The highest BCUT2D eigenvalue weighted by Crippen LogP contribution is 2.23. The molecule has 0 saturated carbocycles. The Morgan fingerprint density at radius 3 is 2.86 bits per heavy atom. The summed E-state index contributed by atoms with van der Waals surface area (Å²) < 4.78 is 5.44. The van der Waals surface area contributed by atoms with Gasteiger partial charge in [0.25, 0.3) is 0 Å². The van der Waals surface area contributed by atoms with Crippen LogP contribution >= 0.6 is 11.6 Å². The number of aromatic amines is 1. The van der Waals surface area contributed by atoms with Gasteiger partial charge in [0.2, 0.25) is 0 Å². The van der Waals surface area contributed by atoms with Crippen LogP contribution in [-0.2, 0) is 17.8 Å². The van der Waals surface area contributed by atoms with Crippen LogP contribution in [0.3, 0.4) is 0 Å². The Hall–Kier alpha value is -2.06. The summed E-state index contributed by atoms with van der Waals surface area (Å²) >= 11 is 6.18. The van der Waals surface area contributed by atoms with Crippen molar-refractivity contribution in [3.05, 3.63) is 53.2 Å². The number of ether oxygens (including phenoxy) is 1. The SMILES string of the molecule is Clc1[nH]nc2c(CN(CCCN3CCOCC3)Cc3cccnc3)cncc12. The highest BCUT2D eigenvalue weighted by Gasteiger charge is 2.15. The van der Waals surface area contributed by atoms with Gasteiger partial charge in [-0.2, -0.15) is 5.10 Å². The second kappa shape index (κ2) is 9.43. The van der Waals surface area contributed by atoms with E-state index >= 15 is 0 Å². The third-order valence-electron chi connectivity index (χ3n) is 5.07. The molecule has 3 aromatic rings. The van der Waals surface area contributed by atoms with Crippen molar-refractivity contribution in [3.8, 4) is 0 Å². The molecule has 148 valence electrons. The van der Waals surface area contributed by atoms with Crippen molar-refractivity contribution in [1.82, 2.24) is 30.0 Å². The standard InChI is InChI=1S/C20H25ClN6O/c21-20-18-13-23-12-17(19(18)24-25-20)15-27(14-16-3-1-4-22-11-16)6-2-5-26-7-9-28-10-8-26/h1,3-4,11-13H,2,5-10,14-15H2,(H,24,25). The molecular weight excluding hydrogens is 376 g/mol. The molecule has 8 heteroatoms. The van der Waals surface area contributed by atoms with E-state index in [9.17, 15) is 0 Å². The fourth-order valence-electron chi connectivity index (χ4n) is 3.62. The lowest BCUT2D eigenvalue weighted by molar-refractivity contribution is 0.0359. The predicted octanol–water partition coefficient (Wildman–Crippen LogP) is 2.73. The number of H-pyrrole nitrogens is 1. The van der Waals surface area contributed by atoms with Crippen molar-refractivity contribution in [3.63, 3.8) is 0 Å². The zero-order valence-electron chi connectivity index (χ0n) is 15.9. The second-order valence-electron chi connectivity index (χ2n) is 7.11. The molecule has 3 aromatic heterocycles. The van der Waals surface area contributed by atoms with Gasteiger partial charge in [-0.3, -0.25) is 24.9 Å². The molecule has 1 fully saturated rings. The number of fused-ring (bicyclic) bond motifs is 1. The number of aromatic nitrogens is 4. The van der Waals surface area contributed by atoms with Crippen LogP contribution in [0.5, 0.6) is 0 Å². The maximum Gasteiger partial charge on any atom is 0.133 e. The van der Waals surface area contributed by atoms with Gasteiger partial charge in [-0.25, -0.2) is 0 Å². The molecule has 0 radical (unpaired) electrons. The molecule has 7 nitrogen and oxygen atoms in total. The summed E-state index contributed by atoms with van der Waals surface area (Å²) in [6.45, 7) is 7.41. The Kier molecular flexibility index (Phi) is 6.49. The molecule has 0 aromatic carbocycles. The molecule has 0 bridgehead atoms. The van der Waals surface area contributed by atoms with E-state index in [1.54, 1.807) is 6.20 Å². The zero-order chi connectivity index (χ0) is 19.2. The summed E-state index contributed by atoms with van der Waals surface area (Å²) in [5.41, 5.74) is 3.18. The number of nitrogens with zero attached hydrogens (tertiary/aromatic N) is 5. The molecule has 1 saturated heterocycles. The smallest absolute Gasteiger partial charge is 0.133 e. The fraction of sp³-hybridized carbons (Fsp3) is 0.450. The first-order valence-electron chi connectivity index (χ1n) is 9.67. The van der Waals surface area contributed by atoms with Gasteiger partial charge in [0.1, 0.15) is 10.7 Å². The Morgan fingerprint density at radius 1 is 1.14 bits per heavy atom. The van der Waals surface area contributed by atoms with Gasteiger partial charge in [-0.05, 0) is 24.6 Å². The highest BCUT2D eigenvalue weighted by atomic mass is 35.5. The first-order chi connectivity index (χ1) is 13.8. The van der Waals surface area contributed by atoms with Gasteiger partial charge in [0, 0.05) is 63.1 Å². The van der Waals surface area contributed by atoms with E-state index in [1.165, 1.54) is 5.56 Å². The molecule has 1 aliphatic heterocycles. The molecule has 4 heterocycles. The van der Waals surface area contributed by atoms with Crippen molar-refractivity contribution >= 4 is 22.5 Å². The van der Waals surface area contributed by atoms with Gasteiger partial charge in [0.15, 0.2) is 0 Å². The number of hydrogen-bond acceptors (Lipinski definition) is 6. The van der Waals surface area contributed by atoms with E-state index in [-0.39, 0.29) is 0 Å². The minimum Gasteiger partial charge on any atom is -0.379 e. The fourth-order valence-corrected chi connectivity index (χ4v) is 3.80. The summed E-state index contributed by atoms with van der Waals surface area (Å²) in [4.78, 5) is 13.5. The first-order valence-corrected chi connectivity index (χ1v) is 10.1. The van der Waals surface area contributed by atoms with E-state index in [0.29, 0.717) is 5.15 Å². The minimum absolute atomic E-state index is 0.537. The molecule has 28 heavy (non-hydrogen) atoms. The van der Waals surface area contributed by atoms with Crippen molar-refractivity contribution in [2.45, 2.75) is 19.5 Å². The van der Waals surface area contributed by atoms with Crippen molar-refractivity contribution in [1.29, 1.82) is 0 Å². The normalized spacial score (nSPS) is 15.5. The van der Waals surface area contributed by atoms with Crippen LogP contribution in [0.4, 0.5) is 0 Å². The third-order valence-corrected chi connectivity index (χ3v) is 5.36. The summed E-state index contributed by atoms with van der Waals surface area (Å²) in [6.07, 6.45) is 8.49. The quantitative estimate of drug-likeness (QED) is 0.627. The third kappa shape index (κ3) is 4.86. The lowest BCUT2D eigenvalue weighted by Gasteiger charge is -2.28. The van der Waals surface area contributed by atoms with Crippen molar-refractivity contribution < 1.29 is 4.74 Å². The Bertz CT molecular complexity index is 881. The predicted molar refractivity (Wildman–Crippen MR) is 109 cm³/mol. The highest BCUT2D eigenvalue weighted by molar-refractivity contribution is 6.34. The molecule has 1 N–H and O–H groups in total. The Labute approximate surface area is 169 Å². The van der Waals surface area contributed by atoms with Gasteiger partial charge < -0.3 is 4.74 Å². The van der Waals surface area contributed by atoms with Crippen molar-refractivity contribution in [2.75, 3.05) is 39.4 Å². The largest absolute Gasteiger partial charge is 0.379 e. The van der Waals surface area contributed by atoms with Gasteiger partial charge >= 0.3 is 0 Å². The molecule has 0 unspecified atom stereocenters. The molecule has 0 atom stereocenters. The van der Waals surface area contributed by atoms with E-state index in [0.717, 1.165) is 75.4 Å². The molecule has 4 rings (SSSR count). The minimum atomic E-state index is 0.537. The molecule has 0 spiro atoms. The van der Waals surface area contributed by atoms with E-state index in [1.807, 2.05) is 24.7 Å². The number of hydrogen-bond donors (Lipinski definition) is 1. The summed E-state index contributed by atoms with van der Waals surface area (Å²) in [7, 11) is 0. The molecular formula is C20H25ClN6O. The summed E-state index contributed by atoms with van der Waals surface area (Å²) in [6, 6.07) is 4.10. The maximum atomic E-state index is 6.18. The summed E-state index contributed by atoms with van der Waals surface area (Å²) in [5, 5.41) is 8.64. The number of pyridine rings is 2. The maximum absolute atomic E-state index is 6.18. The van der Waals surface area contributed by atoms with E-state index in [4.69, 9.17) is 16.3 Å². The van der Waals surface area contributed by atoms with E-state index in [2.05, 4.69) is 36.0 Å². The number of rotatable bonds is 8. The van der Waals surface area contributed by atoms with Gasteiger partial charge in [-0.1, -0.05) is 17.7 Å². The van der Waals surface area contributed by atoms with Crippen LogP contribution in [0.2, 0.25) is 5.15 Å². The lowest BCUT2D eigenvalue weighted by atomic mass is 10.1. The molecule has 0 amide bonds. The summed E-state index contributed by atoms with van der Waals surface area (Å²) in [5.74, 6) is 0. The average molecular weight is 401 g/mol. The average Bonchev–Trinajstić information content (AvgIpc) is 3.11. The second-order valence-corrected chi connectivity index (χ2v) is 7.49. The Morgan fingerprint density at radius 2 is 2.04 bits per heavy atom. The van der Waals surface area contributed by atoms with Gasteiger partial charge in [-0.15, -0.1) is 0 Å². The van der Waals surface area contributed by atoms with Crippen LogP contribution in [0.1, 0.15) is 17.5 Å². The monoisotopic (exact) mass is 400 g/mol. The number of morpholine rings is 1. The lowest BCUT2D eigenvalue weighted by Crippen LogP contribution is -2.38. The molecule has 1 aliphatic rings. The Balaban J connectivity index is 1.45. The first kappa shape index (κ1) is 19.3. The van der Waals surface area contributed by atoms with Crippen LogP contribution < -0.4 is 0 Å². The number of nitrogens with one attached hydrogen (secondary N) is 1. The van der Waals surface area contributed by atoms with Gasteiger partial charge in [0.05, 0.1) is 18.6 Å². The van der Waals surface area contributed by atoms with Crippen LogP contribution in [0.15, 0.2) is 36.9 Å². The van der Waals surface area contributed by atoms with Crippen LogP contribution in [0.25, 0.3) is 10.9 Å². The zero-order valence-corrected chi connectivity index (χ0v) is 16.6. The van der Waals surface area contributed by atoms with Crippen LogP contribution in [0, 0.1) is 0 Å².